The molecule has 2 amide bonds. The van der Waals surface area contributed by atoms with Gasteiger partial charge < -0.3 is 20.1 Å². The molecule has 1 unspecified atom stereocenters. The zero-order valence-electron chi connectivity index (χ0n) is 13.2. The van der Waals surface area contributed by atoms with Crippen LogP contribution in [0, 0.1) is 13.8 Å². The van der Waals surface area contributed by atoms with Crippen molar-refractivity contribution in [3.05, 3.63) is 34.9 Å². The van der Waals surface area contributed by atoms with Crippen molar-refractivity contribution in [1.29, 1.82) is 0 Å². The number of aryl methyl sites for hydroxylation is 2. The molecule has 124 valence electrons. The highest BCUT2D eigenvalue weighted by Gasteiger charge is 2.28. The molecule has 2 rings (SSSR count). The summed E-state index contributed by atoms with van der Waals surface area (Å²) in [7, 11) is 0. The maximum absolute atomic E-state index is 12.1. The average molecular weight is 320 g/mol. The van der Waals surface area contributed by atoms with Gasteiger partial charge in [-0.25, -0.2) is 4.79 Å². The Kier molecular flexibility index (Phi) is 5.33. The van der Waals surface area contributed by atoms with E-state index < -0.39 is 12.1 Å². The first-order valence-electron chi connectivity index (χ1n) is 7.36. The first kappa shape index (κ1) is 17.0. The molecule has 0 spiro atoms. The minimum atomic E-state index is -1.10. The number of morpholine rings is 1. The van der Waals surface area contributed by atoms with Crippen LogP contribution in [-0.4, -0.2) is 60.1 Å². The number of aliphatic carboxylic acids is 1. The van der Waals surface area contributed by atoms with Crippen LogP contribution < -0.4 is 5.32 Å². The number of benzene rings is 1. The van der Waals surface area contributed by atoms with E-state index in [2.05, 4.69) is 5.32 Å². The van der Waals surface area contributed by atoms with Crippen molar-refractivity contribution in [2.75, 3.05) is 26.2 Å². The molecule has 1 aromatic carbocycles. The number of carboxylic acid groups (broad SMARTS) is 1. The van der Waals surface area contributed by atoms with E-state index in [9.17, 15) is 14.4 Å². The fraction of sp³-hybridized carbons (Fsp3) is 0.438. The summed E-state index contributed by atoms with van der Waals surface area (Å²) in [6.45, 7) is 4.19. The summed E-state index contributed by atoms with van der Waals surface area (Å²) in [4.78, 5) is 36.4. The van der Waals surface area contributed by atoms with Crippen LogP contribution in [0.2, 0.25) is 0 Å². The number of nitrogens with zero attached hydrogens (tertiary/aromatic N) is 1. The summed E-state index contributed by atoms with van der Waals surface area (Å²) in [5, 5.41) is 11.5. The van der Waals surface area contributed by atoms with E-state index in [4.69, 9.17) is 9.84 Å². The number of carboxylic acids is 1. The SMILES string of the molecule is Cc1ccc(C(=O)NCC(=O)N2CCOC(C(=O)O)C2)cc1C. The molecule has 1 atom stereocenters. The number of nitrogens with one attached hydrogen (secondary N) is 1. The van der Waals surface area contributed by atoms with E-state index in [0.29, 0.717) is 12.1 Å². The molecule has 0 aliphatic carbocycles. The van der Waals surface area contributed by atoms with Crippen molar-refractivity contribution in [1.82, 2.24) is 10.2 Å². The Morgan fingerprint density at radius 1 is 1.30 bits per heavy atom. The molecule has 1 aromatic rings. The zero-order valence-corrected chi connectivity index (χ0v) is 13.2. The van der Waals surface area contributed by atoms with Crippen LogP contribution in [-0.2, 0) is 14.3 Å². The Bertz CT molecular complexity index is 629. The molecule has 1 fully saturated rings. The molecule has 7 heteroatoms. The lowest BCUT2D eigenvalue weighted by molar-refractivity contribution is -0.159. The van der Waals surface area contributed by atoms with Gasteiger partial charge in [0.2, 0.25) is 5.91 Å². The third-order valence-corrected chi connectivity index (χ3v) is 3.86. The van der Waals surface area contributed by atoms with Gasteiger partial charge in [-0.1, -0.05) is 6.07 Å². The Morgan fingerprint density at radius 3 is 2.70 bits per heavy atom. The standard InChI is InChI=1S/C16H20N2O5/c1-10-3-4-12(7-11(10)2)15(20)17-8-14(19)18-5-6-23-13(9-18)16(21)22/h3-4,7,13H,5-6,8-9H2,1-2H3,(H,17,20)(H,21,22). The molecule has 0 saturated carbocycles. The predicted octanol–water partition coefficient (Wildman–Crippen LogP) is 0.345. The van der Waals surface area contributed by atoms with Crippen LogP contribution in [0.15, 0.2) is 18.2 Å². The number of ether oxygens (including phenoxy) is 1. The van der Waals surface area contributed by atoms with Gasteiger partial charge in [0.15, 0.2) is 6.10 Å². The highest BCUT2D eigenvalue weighted by Crippen LogP contribution is 2.10. The minimum Gasteiger partial charge on any atom is -0.479 e. The number of hydrogen-bond acceptors (Lipinski definition) is 4. The second kappa shape index (κ2) is 7.23. The Morgan fingerprint density at radius 2 is 2.04 bits per heavy atom. The second-order valence-corrected chi connectivity index (χ2v) is 5.52. The lowest BCUT2D eigenvalue weighted by Gasteiger charge is -2.30. The van der Waals surface area contributed by atoms with E-state index in [1.54, 1.807) is 12.1 Å². The van der Waals surface area contributed by atoms with Crippen molar-refractivity contribution in [3.63, 3.8) is 0 Å². The lowest BCUT2D eigenvalue weighted by atomic mass is 10.1. The van der Waals surface area contributed by atoms with Crippen molar-refractivity contribution in [2.45, 2.75) is 20.0 Å². The smallest absolute Gasteiger partial charge is 0.334 e. The highest BCUT2D eigenvalue weighted by atomic mass is 16.5. The van der Waals surface area contributed by atoms with Crippen LogP contribution in [0.4, 0.5) is 0 Å². The largest absolute Gasteiger partial charge is 0.479 e. The maximum atomic E-state index is 12.1. The van der Waals surface area contributed by atoms with Crippen LogP contribution in [0.1, 0.15) is 21.5 Å². The topological polar surface area (TPSA) is 95.9 Å². The summed E-state index contributed by atoms with van der Waals surface area (Å²) >= 11 is 0. The van der Waals surface area contributed by atoms with Gasteiger partial charge >= 0.3 is 5.97 Å². The van der Waals surface area contributed by atoms with E-state index in [1.807, 2.05) is 19.9 Å². The first-order valence-corrected chi connectivity index (χ1v) is 7.36. The van der Waals surface area contributed by atoms with Gasteiger partial charge in [-0.2, -0.15) is 0 Å². The molecule has 0 radical (unpaired) electrons. The minimum absolute atomic E-state index is 0.00627. The summed E-state index contributed by atoms with van der Waals surface area (Å²) in [6.07, 6.45) is -1.01. The van der Waals surface area contributed by atoms with E-state index in [1.165, 1.54) is 4.90 Å². The number of carbonyl (C=O) groups excluding carboxylic acids is 2. The molecular weight excluding hydrogens is 300 g/mol. The fourth-order valence-electron chi connectivity index (χ4n) is 2.28. The monoisotopic (exact) mass is 320 g/mol. The van der Waals surface area contributed by atoms with Crippen molar-refractivity contribution < 1.29 is 24.2 Å². The van der Waals surface area contributed by atoms with E-state index in [0.717, 1.165) is 11.1 Å². The van der Waals surface area contributed by atoms with Crippen LogP contribution in [0.5, 0.6) is 0 Å². The molecule has 1 heterocycles. The van der Waals surface area contributed by atoms with Gasteiger partial charge in [-0.3, -0.25) is 9.59 Å². The van der Waals surface area contributed by atoms with Gasteiger partial charge in [-0.05, 0) is 37.1 Å². The average Bonchev–Trinajstić information content (AvgIpc) is 2.54. The van der Waals surface area contributed by atoms with Gasteiger partial charge in [0, 0.05) is 12.1 Å². The molecule has 2 N–H and O–H groups in total. The zero-order chi connectivity index (χ0) is 17.0. The second-order valence-electron chi connectivity index (χ2n) is 5.52. The third-order valence-electron chi connectivity index (χ3n) is 3.86. The molecule has 1 aliphatic heterocycles. The van der Waals surface area contributed by atoms with Crippen LogP contribution in [0.25, 0.3) is 0 Å². The number of rotatable bonds is 4. The molecule has 0 aromatic heterocycles. The fourth-order valence-corrected chi connectivity index (χ4v) is 2.28. The number of hydrogen-bond donors (Lipinski definition) is 2. The predicted molar refractivity (Wildman–Crippen MR) is 82.2 cm³/mol. The van der Waals surface area contributed by atoms with Crippen molar-refractivity contribution in [3.8, 4) is 0 Å². The van der Waals surface area contributed by atoms with Crippen molar-refractivity contribution >= 4 is 17.8 Å². The molecule has 0 bridgehead atoms. The maximum Gasteiger partial charge on any atom is 0.334 e. The number of amides is 2. The van der Waals surface area contributed by atoms with Crippen molar-refractivity contribution in [2.24, 2.45) is 0 Å². The Labute approximate surface area is 134 Å². The first-order chi connectivity index (χ1) is 10.9. The molecule has 7 nitrogen and oxygen atoms in total. The molecular formula is C16H20N2O5. The quantitative estimate of drug-likeness (QED) is 0.834. The Hall–Kier alpha value is -2.41. The Balaban J connectivity index is 1.89. The molecule has 23 heavy (non-hydrogen) atoms. The number of carbonyl (C=O) groups is 3. The van der Waals surface area contributed by atoms with E-state index >= 15 is 0 Å². The lowest BCUT2D eigenvalue weighted by Crippen LogP contribution is -2.51. The van der Waals surface area contributed by atoms with Gasteiger partial charge in [0.1, 0.15) is 0 Å². The highest BCUT2D eigenvalue weighted by molar-refractivity contribution is 5.96. The van der Waals surface area contributed by atoms with Gasteiger partial charge in [0.25, 0.3) is 5.91 Å². The summed E-state index contributed by atoms with van der Waals surface area (Å²) in [5.74, 6) is -1.75. The normalized spacial score (nSPS) is 17.7. The third kappa shape index (κ3) is 4.29. The van der Waals surface area contributed by atoms with E-state index in [-0.39, 0.29) is 31.5 Å². The summed E-state index contributed by atoms with van der Waals surface area (Å²) in [6, 6.07) is 5.33. The summed E-state index contributed by atoms with van der Waals surface area (Å²) < 4.78 is 5.06. The van der Waals surface area contributed by atoms with Crippen LogP contribution >= 0.6 is 0 Å². The molecule has 1 aliphatic rings. The molecule has 1 saturated heterocycles. The summed E-state index contributed by atoms with van der Waals surface area (Å²) in [5.41, 5.74) is 2.58. The van der Waals surface area contributed by atoms with Crippen LogP contribution in [0.3, 0.4) is 0 Å². The van der Waals surface area contributed by atoms with Gasteiger partial charge in [0.05, 0.1) is 19.7 Å². The van der Waals surface area contributed by atoms with Gasteiger partial charge in [-0.15, -0.1) is 0 Å².